The molecule has 2 nitrogen and oxygen atoms in total. The van der Waals surface area contributed by atoms with E-state index in [0.29, 0.717) is 27.9 Å². The van der Waals surface area contributed by atoms with Crippen LogP contribution in [-0.2, 0) is 6.42 Å². The lowest BCUT2D eigenvalue weighted by Crippen LogP contribution is -2.34. The monoisotopic (exact) mass is 390 g/mol. The van der Waals surface area contributed by atoms with Crippen LogP contribution < -0.4 is 0 Å². The number of aromatic nitrogens is 2. The molecule has 1 aromatic heterocycles. The second-order valence-electron chi connectivity index (χ2n) is 7.94. The fraction of sp³-hybridized carbons (Fsp3) is 0.364. The molecule has 2 aromatic carbocycles. The Balaban J connectivity index is 2.12. The number of hydrogen-bond acceptors (Lipinski definition) is 2. The molecule has 0 spiro atoms. The van der Waals surface area contributed by atoms with E-state index in [4.69, 9.17) is 0 Å². The van der Waals surface area contributed by atoms with Crippen LogP contribution in [0.4, 0.5) is 17.6 Å². The van der Waals surface area contributed by atoms with Crippen molar-refractivity contribution >= 4 is 10.9 Å². The van der Waals surface area contributed by atoms with Crippen molar-refractivity contribution in [1.29, 1.82) is 0 Å². The van der Waals surface area contributed by atoms with E-state index < -0.39 is 11.6 Å². The lowest BCUT2D eigenvalue weighted by Gasteiger charge is -2.27. The molecular weight excluding hydrogens is 368 g/mol. The van der Waals surface area contributed by atoms with Crippen molar-refractivity contribution in [3.63, 3.8) is 0 Å². The Kier molecular flexibility index (Phi) is 4.94. The molecule has 0 unspecified atom stereocenters. The van der Waals surface area contributed by atoms with Crippen molar-refractivity contribution in [2.24, 2.45) is 5.41 Å². The summed E-state index contributed by atoms with van der Waals surface area (Å²) in [4.78, 5) is 8.63. The molecule has 0 saturated carbocycles. The van der Waals surface area contributed by atoms with E-state index in [1.165, 1.54) is 20.2 Å². The predicted octanol–water partition coefficient (Wildman–Crippen LogP) is 6.49. The standard InChI is InChI=1S/C22H22F4N2/c1-12-8-17(13(2)14(3)19(12)23)20-16-7-6-15(9-18(16)27-11-28-20)10-21(4,5)22(24,25)26/h6-9,11H,10H2,1-5H3. The average Bonchev–Trinajstić information content (AvgIpc) is 2.61. The summed E-state index contributed by atoms with van der Waals surface area (Å²) in [6, 6.07) is 6.86. The SMILES string of the molecule is Cc1cc(-c2ncnc3cc(CC(C)(C)C(F)(F)F)ccc23)c(C)c(C)c1F. The number of aryl methyl sites for hydroxylation is 1. The molecule has 3 rings (SSSR count). The first-order valence-corrected chi connectivity index (χ1v) is 8.99. The third kappa shape index (κ3) is 3.48. The summed E-state index contributed by atoms with van der Waals surface area (Å²) in [7, 11) is 0. The number of alkyl halides is 3. The van der Waals surface area contributed by atoms with Crippen LogP contribution in [0, 0.1) is 32.0 Å². The van der Waals surface area contributed by atoms with Crippen molar-refractivity contribution in [2.75, 3.05) is 0 Å². The minimum Gasteiger partial charge on any atom is -0.236 e. The molecule has 0 aliphatic carbocycles. The van der Waals surface area contributed by atoms with Gasteiger partial charge in [0.05, 0.1) is 16.6 Å². The van der Waals surface area contributed by atoms with Crippen LogP contribution in [0.3, 0.4) is 0 Å². The molecule has 1 heterocycles. The fourth-order valence-electron chi connectivity index (χ4n) is 3.33. The Morgan fingerprint density at radius 1 is 0.929 bits per heavy atom. The first-order chi connectivity index (χ1) is 12.9. The quantitative estimate of drug-likeness (QED) is 0.478. The Labute approximate surface area is 161 Å². The normalized spacial score (nSPS) is 12.6. The van der Waals surface area contributed by atoms with Gasteiger partial charge in [0, 0.05) is 10.9 Å². The minimum atomic E-state index is -4.29. The summed E-state index contributed by atoms with van der Waals surface area (Å²) in [5.41, 5.74) is 2.60. The molecule has 0 atom stereocenters. The molecule has 3 aromatic rings. The Hall–Kier alpha value is -2.50. The zero-order valence-electron chi connectivity index (χ0n) is 16.5. The first-order valence-electron chi connectivity index (χ1n) is 8.99. The number of nitrogens with zero attached hydrogens (tertiary/aromatic N) is 2. The lowest BCUT2D eigenvalue weighted by molar-refractivity contribution is -0.211. The summed E-state index contributed by atoms with van der Waals surface area (Å²) < 4.78 is 53.8. The van der Waals surface area contributed by atoms with Gasteiger partial charge in [-0.3, -0.25) is 0 Å². The van der Waals surface area contributed by atoms with Gasteiger partial charge in [0.25, 0.3) is 0 Å². The second kappa shape index (κ2) is 6.83. The second-order valence-corrected chi connectivity index (χ2v) is 7.94. The van der Waals surface area contributed by atoms with Gasteiger partial charge in [-0.15, -0.1) is 0 Å². The topological polar surface area (TPSA) is 25.8 Å². The third-order valence-corrected chi connectivity index (χ3v) is 5.37. The zero-order chi connectivity index (χ0) is 20.9. The first kappa shape index (κ1) is 20.2. The van der Waals surface area contributed by atoms with Gasteiger partial charge in [0.15, 0.2) is 0 Å². The summed E-state index contributed by atoms with van der Waals surface area (Å²) in [6.45, 7) is 7.64. The number of benzene rings is 2. The van der Waals surface area contributed by atoms with Gasteiger partial charge >= 0.3 is 6.18 Å². The van der Waals surface area contributed by atoms with E-state index in [2.05, 4.69) is 9.97 Å². The molecular formula is C22H22F4N2. The molecule has 0 bridgehead atoms. The van der Waals surface area contributed by atoms with Gasteiger partial charge in [0.1, 0.15) is 12.1 Å². The van der Waals surface area contributed by atoms with Gasteiger partial charge in [-0.1, -0.05) is 26.0 Å². The van der Waals surface area contributed by atoms with Crippen LogP contribution in [0.5, 0.6) is 0 Å². The molecule has 28 heavy (non-hydrogen) atoms. The molecule has 0 saturated heterocycles. The van der Waals surface area contributed by atoms with E-state index in [0.717, 1.165) is 16.5 Å². The van der Waals surface area contributed by atoms with Crippen LogP contribution in [0.25, 0.3) is 22.2 Å². The molecule has 0 amide bonds. The Morgan fingerprint density at radius 3 is 2.25 bits per heavy atom. The molecule has 6 heteroatoms. The van der Waals surface area contributed by atoms with Crippen LogP contribution in [0.1, 0.15) is 36.1 Å². The largest absolute Gasteiger partial charge is 0.394 e. The van der Waals surface area contributed by atoms with Crippen molar-refractivity contribution in [1.82, 2.24) is 9.97 Å². The highest BCUT2D eigenvalue weighted by molar-refractivity contribution is 5.93. The molecule has 0 N–H and O–H groups in total. The van der Waals surface area contributed by atoms with E-state index in [1.807, 2.05) is 6.92 Å². The summed E-state index contributed by atoms with van der Waals surface area (Å²) in [6.07, 6.45) is -3.04. The van der Waals surface area contributed by atoms with Crippen LogP contribution in [0.15, 0.2) is 30.6 Å². The maximum atomic E-state index is 14.2. The molecule has 148 valence electrons. The van der Waals surface area contributed by atoms with E-state index in [9.17, 15) is 17.6 Å². The highest BCUT2D eigenvalue weighted by Crippen LogP contribution is 2.40. The van der Waals surface area contributed by atoms with Crippen LogP contribution in [-0.4, -0.2) is 16.1 Å². The Morgan fingerprint density at radius 2 is 1.61 bits per heavy atom. The van der Waals surface area contributed by atoms with Gasteiger partial charge in [0.2, 0.25) is 0 Å². The molecule has 0 aliphatic rings. The van der Waals surface area contributed by atoms with Crippen LogP contribution in [0.2, 0.25) is 0 Å². The van der Waals surface area contributed by atoms with Crippen molar-refractivity contribution in [2.45, 2.75) is 47.2 Å². The molecule has 0 fully saturated rings. The number of hydrogen-bond donors (Lipinski definition) is 0. The van der Waals surface area contributed by atoms with Gasteiger partial charge in [-0.25, -0.2) is 14.4 Å². The minimum absolute atomic E-state index is 0.139. The third-order valence-electron chi connectivity index (χ3n) is 5.37. The van der Waals surface area contributed by atoms with E-state index >= 15 is 0 Å². The maximum Gasteiger partial charge on any atom is 0.394 e. The molecule has 0 radical (unpaired) electrons. The predicted molar refractivity (Wildman–Crippen MR) is 103 cm³/mol. The number of fused-ring (bicyclic) bond motifs is 1. The van der Waals surface area contributed by atoms with Crippen molar-refractivity contribution in [3.8, 4) is 11.3 Å². The van der Waals surface area contributed by atoms with E-state index in [-0.39, 0.29) is 12.2 Å². The summed E-state index contributed by atoms with van der Waals surface area (Å²) in [5.74, 6) is -0.240. The van der Waals surface area contributed by atoms with Crippen molar-refractivity contribution in [3.05, 3.63) is 58.7 Å². The average molecular weight is 390 g/mol. The number of rotatable bonds is 3. The summed E-state index contributed by atoms with van der Waals surface area (Å²) >= 11 is 0. The van der Waals surface area contributed by atoms with Gasteiger partial charge in [-0.2, -0.15) is 13.2 Å². The maximum absolute atomic E-state index is 14.2. The fourth-order valence-corrected chi connectivity index (χ4v) is 3.33. The van der Waals surface area contributed by atoms with Gasteiger partial charge in [-0.05, 0) is 61.6 Å². The highest BCUT2D eigenvalue weighted by atomic mass is 19.4. The lowest BCUT2D eigenvalue weighted by atomic mass is 9.84. The zero-order valence-corrected chi connectivity index (χ0v) is 16.5. The smallest absolute Gasteiger partial charge is 0.236 e. The van der Waals surface area contributed by atoms with Crippen LogP contribution >= 0.6 is 0 Å². The Bertz CT molecular complexity index is 1050. The summed E-state index contributed by atoms with van der Waals surface area (Å²) in [5, 5.41) is 0.726. The van der Waals surface area contributed by atoms with Crippen molar-refractivity contribution < 1.29 is 17.6 Å². The molecule has 0 aliphatic heterocycles. The van der Waals surface area contributed by atoms with Gasteiger partial charge < -0.3 is 0 Å². The van der Waals surface area contributed by atoms with E-state index in [1.54, 1.807) is 38.1 Å². The number of halogens is 4. The highest BCUT2D eigenvalue weighted by Gasteiger charge is 2.46.